The van der Waals surface area contributed by atoms with E-state index in [-0.39, 0.29) is 10.7 Å². The van der Waals surface area contributed by atoms with Crippen LogP contribution in [0.15, 0.2) is 42.5 Å². The summed E-state index contributed by atoms with van der Waals surface area (Å²) >= 11 is 4.14. The van der Waals surface area contributed by atoms with Crippen molar-refractivity contribution in [1.29, 1.82) is 0 Å². The standard InChI is InChI=1S/C17H20OS2/c18-11-4-10-17(19-12-5-13-20-17)16-9-3-7-14-6-1-2-8-15(14)16/h1-3,6-9,18H,4-5,10-13H2. The van der Waals surface area contributed by atoms with E-state index in [2.05, 4.69) is 66.0 Å². The first kappa shape index (κ1) is 14.3. The van der Waals surface area contributed by atoms with Gasteiger partial charge in [-0.2, -0.15) is 0 Å². The van der Waals surface area contributed by atoms with Crippen LogP contribution in [-0.4, -0.2) is 23.2 Å². The maximum absolute atomic E-state index is 9.25. The Balaban J connectivity index is 2.08. The number of thioether (sulfide) groups is 2. The van der Waals surface area contributed by atoms with Crippen LogP contribution >= 0.6 is 23.5 Å². The molecular formula is C17H20OS2. The molecule has 0 aromatic heterocycles. The van der Waals surface area contributed by atoms with Gasteiger partial charge in [-0.25, -0.2) is 0 Å². The molecule has 0 amide bonds. The molecule has 2 aromatic rings. The second kappa shape index (κ2) is 6.42. The van der Waals surface area contributed by atoms with Gasteiger partial charge in [-0.3, -0.25) is 0 Å². The zero-order valence-electron chi connectivity index (χ0n) is 11.5. The molecular weight excluding hydrogens is 284 g/mol. The number of aliphatic hydroxyl groups is 1. The summed E-state index contributed by atoms with van der Waals surface area (Å²) in [6, 6.07) is 15.3. The molecule has 1 fully saturated rings. The molecule has 106 valence electrons. The van der Waals surface area contributed by atoms with E-state index >= 15 is 0 Å². The van der Waals surface area contributed by atoms with E-state index in [0.29, 0.717) is 0 Å². The third kappa shape index (κ3) is 2.72. The van der Waals surface area contributed by atoms with E-state index in [1.54, 1.807) is 0 Å². The van der Waals surface area contributed by atoms with E-state index in [0.717, 1.165) is 12.8 Å². The maximum atomic E-state index is 9.25. The first-order chi connectivity index (χ1) is 9.86. The summed E-state index contributed by atoms with van der Waals surface area (Å²) in [5.41, 5.74) is 1.44. The fourth-order valence-corrected chi connectivity index (χ4v) is 6.38. The minimum Gasteiger partial charge on any atom is -0.396 e. The van der Waals surface area contributed by atoms with Gasteiger partial charge in [0.15, 0.2) is 0 Å². The van der Waals surface area contributed by atoms with Crippen molar-refractivity contribution >= 4 is 34.3 Å². The Morgan fingerprint density at radius 2 is 1.75 bits per heavy atom. The van der Waals surface area contributed by atoms with Crippen molar-refractivity contribution in [3.05, 3.63) is 48.0 Å². The molecule has 1 N–H and O–H groups in total. The summed E-state index contributed by atoms with van der Waals surface area (Å²) in [5.74, 6) is 2.45. The summed E-state index contributed by atoms with van der Waals surface area (Å²) in [4.78, 5) is 0. The fraction of sp³-hybridized carbons (Fsp3) is 0.412. The first-order valence-electron chi connectivity index (χ1n) is 7.23. The molecule has 0 atom stereocenters. The maximum Gasteiger partial charge on any atom is 0.0866 e. The van der Waals surface area contributed by atoms with Crippen molar-refractivity contribution in [2.45, 2.75) is 23.3 Å². The van der Waals surface area contributed by atoms with Crippen molar-refractivity contribution in [3.8, 4) is 0 Å². The molecule has 0 bridgehead atoms. The SMILES string of the molecule is OCCCC1(c2cccc3ccccc23)SCCCS1. The van der Waals surface area contributed by atoms with Crippen LogP contribution in [0, 0.1) is 0 Å². The molecule has 20 heavy (non-hydrogen) atoms. The van der Waals surface area contributed by atoms with E-state index in [4.69, 9.17) is 0 Å². The molecule has 0 radical (unpaired) electrons. The highest BCUT2D eigenvalue weighted by molar-refractivity contribution is 8.18. The Labute approximate surface area is 129 Å². The Hall–Kier alpha value is -0.640. The summed E-state index contributed by atoms with van der Waals surface area (Å²) in [5, 5.41) is 11.9. The average molecular weight is 304 g/mol. The number of rotatable bonds is 4. The number of hydrogen-bond acceptors (Lipinski definition) is 3. The lowest BCUT2D eigenvalue weighted by Gasteiger charge is -2.37. The minimum absolute atomic E-state index is 0.127. The lowest BCUT2D eigenvalue weighted by Crippen LogP contribution is -2.23. The van der Waals surface area contributed by atoms with E-state index in [1.807, 2.05) is 0 Å². The number of benzene rings is 2. The van der Waals surface area contributed by atoms with Crippen molar-refractivity contribution in [2.24, 2.45) is 0 Å². The Morgan fingerprint density at radius 1 is 1.00 bits per heavy atom. The quantitative estimate of drug-likeness (QED) is 0.889. The van der Waals surface area contributed by atoms with Gasteiger partial charge in [0.2, 0.25) is 0 Å². The molecule has 1 aliphatic rings. The van der Waals surface area contributed by atoms with Gasteiger partial charge in [0, 0.05) is 6.61 Å². The van der Waals surface area contributed by atoms with Gasteiger partial charge in [-0.15, -0.1) is 23.5 Å². The van der Waals surface area contributed by atoms with Crippen LogP contribution in [0.5, 0.6) is 0 Å². The van der Waals surface area contributed by atoms with Gasteiger partial charge in [-0.05, 0) is 47.1 Å². The van der Waals surface area contributed by atoms with Crippen LogP contribution in [-0.2, 0) is 4.08 Å². The lowest BCUT2D eigenvalue weighted by molar-refractivity contribution is 0.282. The van der Waals surface area contributed by atoms with Crippen LogP contribution in [0.3, 0.4) is 0 Å². The van der Waals surface area contributed by atoms with Gasteiger partial charge in [0.05, 0.1) is 4.08 Å². The third-order valence-electron chi connectivity index (χ3n) is 3.82. The van der Waals surface area contributed by atoms with E-state index in [1.165, 1.54) is 34.3 Å². The summed E-state index contributed by atoms with van der Waals surface area (Å²) < 4.78 is 0.127. The average Bonchev–Trinajstić information content (AvgIpc) is 2.53. The lowest BCUT2D eigenvalue weighted by atomic mass is 9.99. The molecule has 0 aliphatic carbocycles. The van der Waals surface area contributed by atoms with E-state index in [9.17, 15) is 5.11 Å². The van der Waals surface area contributed by atoms with Gasteiger partial charge in [0.25, 0.3) is 0 Å². The predicted octanol–water partition coefficient (Wildman–Crippen LogP) is 4.64. The summed E-state index contributed by atoms with van der Waals surface area (Å²) in [6.45, 7) is 0.285. The highest BCUT2D eigenvalue weighted by atomic mass is 32.2. The Morgan fingerprint density at radius 3 is 2.55 bits per heavy atom. The molecule has 0 unspecified atom stereocenters. The molecule has 0 spiro atoms. The predicted molar refractivity (Wildman–Crippen MR) is 91.5 cm³/mol. The third-order valence-corrected chi connectivity index (χ3v) is 7.30. The number of aliphatic hydroxyl groups excluding tert-OH is 1. The molecule has 1 aliphatic heterocycles. The van der Waals surface area contributed by atoms with Gasteiger partial charge in [-0.1, -0.05) is 42.5 Å². The molecule has 3 heteroatoms. The molecule has 0 saturated carbocycles. The number of hydrogen-bond donors (Lipinski definition) is 1. The Bertz CT molecular complexity index is 571. The monoisotopic (exact) mass is 304 g/mol. The first-order valence-corrected chi connectivity index (χ1v) is 9.20. The molecule has 1 heterocycles. The normalized spacial score (nSPS) is 18.2. The topological polar surface area (TPSA) is 20.2 Å². The molecule has 2 aromatic carbocycles. The smallest absolute Gasteiger partial charge is 0.0866 e. The summed E-state index contributed by atoms with van der Waals surface area (Å²) in [6.07, 6.45) is 3.22. The van der Waals surface area contributed by atoms with Crippen LogP contribution in [0.1, 0.15) is 24.8 Å². The van der Waals surface area contributed by atoms with Crippen molar-refractivity contribution in [1.82, 2.24) is 0 Å². The second-order valence-corrected chi connectivity index (χ2v) is 8.20. The van der Waals surface area contributed by atoms with Crippen LogP contribution in [0.2, 0.25) is 0 Å². The molecule has 1 nitrogen and oxygen atoms in total. The zero-order valence-corrected chi connectivity index (χ0v) is 13.2. The van der Waals surface area contributed by atoms with Gasteiger partial charge in [0.1, 0.15) is 0 Å². The van der Waals surface area contributed by atoms with Gasteiger partial charge >= 0.3 is 0 Å². The molecule has 1 saturated heterocycles. The van der Waals surface area contributed by atoms with Crippen LogP contribution in [0.4, 0.5) is 0 Å². The summed E-state index contributed by atoms with van der Waals surface area (Å²) in [7, 11) is 0. The largest absolute Gasteiger partial charge is 0.396 e. The van der Waals surface area contributed by atoms with Crippen molar-refractivity contribution < 1.29 is 5.11 Å². The Kier molecular flexibility index (Phi) is 4.59. The highest BCUT2D eigenvalue weighted by Gasteiger charge is 2.36. The van der Waals surface area contributed by atoms with Crippen molar-refractivity contribution in [2.75, 3.05) is 18.1 Å². The number of fused-ring (bicyclic) bond motifs is 1. The fourth-order valence-electron chi connectivity index (χ4n) is 2.88. The zero-order chi connectivity index (χ0) is 13.8. The van der Waals surface area contributed by atoms with Crippen LogP contribution in [0.25, 0.3) is 10.8 Å². The second-order valence-electron chi connectivity index (χ2n) is 5.16. The van der Waals surface area contributed by atoms with Crippen molar-refractivity contribution in [3.63, 3.8) is 0 Å². The highest BCUT2D eigenvalue weighted by Crippen LogP contribution is 2.54. The van der Waals surface area contributed by atoms with E-state index < -0.39 is 0 Å². The van der Waals surface area contributed by atoms with Crippen LogP contribution < -0.4 is 0 Å². The van der Waals surface area contributed by atoms with Gasteiger partial charge < -0.3 is 5.11 Å². The molecule has 3 rings (SSSR count). The minimum atomic E-state index is 0.127.